The van der Waals surface area contributed by atoms with Crippen LogP contribution in [0.1, 0.15) is 71.9 Å². The highest BCUT2D eigenvalue weighted by molar-refractivity contribution is 5.82. The summed E-state index contributed by atoms with van der Waals surface area (Å²) in [5, 5.41) is 11.1. The largest absolute Gasteiger partial charge is 0.462 e. The number of methoxy groups -OCH3 is 1. The molecule has 8 heteroatoms. The summed E-state index contributed by atoms with van der Waals surface area (Å²) >= 11 is 0. The molecule has 1 N–H and O–H groups in total. The highest BCUT2D eigenvalue weighted by Gasteiger charge is 2.33. The van der Waals surface area contributed by atoms with Gasteiger partial charge < -0.3 is 23.7 Å². The van der Waals surface area contributed by atoms with E-state index in [-0.39, 0.29) is 42.4 Å². The Morgan fingerprint density at radius 2 is 1.95 bits per heavy atom. The van der Waals surface area contributed by atoms with Gasteiger partial charge in [-0.2, -0.15) is 0 Å². The molecule has 1 saturated heterocycles. The van der Waals surface area contributed by atoms with Crippen molar-refractivity contribution >= 4 is 18.0 Å². The van der Waals surface area contributed by atoms with Crippen LogP contribution in [0.15, 0.2) is 76.0 Å². The predicted molar refractivity (Wildman–Crippen MR) is 167 cm³/mol. The minimum Gasteiger partial charge on any atom is -0.462 e. The Kier molecular flexibility index (Phi) is 13.0. The summed E-state index contributed by atoms with van der Waals surface area (Å²) in [6, 6.07) is 0. The topological polar surface area (TPSA) is 108 Å². The second-order valence-electron chi connectivity index (χ2n) is 11.8. The van der Waals surface area contributed by atoms with Crippen LogP contribution in [0.4, 0.5) is 0 Å². The number of rotatable bonds is 7. The number of esters is 2. The lowest BCUT2D eigenvalue weighted by Gasteiger charge is -2.32. The maximum atomic E-state index is 13.0. The van der Waals surface area contributed by atoms with Crippen LogP contribution < -0.4 is 0 Å². The number of carbonyl (C=O) groups is 2. The molecule has 0 aliphatic carbocycles. The molecular weight excluding hydrogens is 546 g/mol. The molecule has 1 aromatic heterocycles. The monoisotopic (exact) mass is 593 g/mol. The summed E-state index contributed by atoms with van der Waals surface area (Å²) in [4.78, 5) is 29.5. The Labute approximate surface area is 255 Å². The number of hydrogen-bond donors (Lipinski definition) is 1. The van der Waals surface area contributed by atoms with Gasteiger partial charge in [0.05, 0.1) is 12.2 Å². The fourth-order valence-corrected chi connectivity index (χ4v) is 5.54. The molecule has 1 fully saturated rings. The number of aliphatic hydroxyl groups is 1. The smallest absolute Gasteiger partial charge is 0.330 e. The number of allylic oxidation sites excluding steroid dienone is 7. The first-order valence-electron chi connectivity index (χ1n) is 15.0. The van der Waals surface area contributed by atoms with Crippen molar-refractivity contribution in [2.45, 2.75) is 91.6 Å². The Morgan fingerprint density at radius 3 is 2.65 bits per heavy atom. The molecule has 2 aliphatic heterocycles. The molecule has 0 amide bonds. The number of nitrogens with zero attached hydrogens (tertiary/aromatic N) is 1. The molecule has 3 rings (SSSR count). The highest BCUT2D eigenvalue weighted by Crippen LogP contribution is 2.30. The maximum absolute atomic E-state index is 13.0. The van der Waals surface area contributed by atoms with E-state index in [4.69, 9.17) is 18.6 Å². The van der Waals surface area contributed by atoms with Gasteiger partial charge in [0.1, 0.15) is 24.2 Å². The third kappa shape index (κ3) is 10.6. The Bertz CT molecular complexity index is 1280. The third-order valence-corrected chi connectivity index (χ3v) is 8.13. The van der Waals surface area contributed by atoms with Gasteiger partial charge in [-0.25, -0.2) is 9.78 Å². The second-order valence-corrected chi connectivity index (χ2v) is 11.8. The van der Waals surface area contributed by atoms with Gasteiger partial charge in [0.25, 0.3) is 0 Å². The zero-order valence-corrected chi connectivity index (χ0v) is 26.5. The summed E-state index contributed by atoms with van der Waals surface area (Å²) < 4.78 is 22.7. The molecule has 2 bridgehead atoms. The average Bonchev–Trinajstić information content (AvgIpc) is 3.35. The molecule has 234 valence electrons. The molecule has 1 aromatic rings. The van der Waals surface area contributed by atoms with Gasteiger partial charge in [-0.15, -0.1) is 0 Å². The fraction of sp³-hybridized carbons (Fsp3) is 0.514. The van der Waals surface area contributed by atoms with Gasteiger partial charge in [0.15, 0.2) is 5.89 Å². The van der Waals surface area contributed by atoms with E-state index in [2.05, 4.69) is 4.98 Å². The summed E-state index contributed by atoms with van der Waals surface area (Å²) in [6.07, 6.45) is 18.3. The summed E-state index contributed by atoms with van der Waals surface area (Å²) in [5.74, 6) is -0.209. The van der Waals surface area contributed by atoms with Crippen molar-refractivity contribution < 1.29 is 33.3 Å². The van der Waals surface area contributed by atoms with Crippen LogP contribution in [-0.4, -0.2) is 53.6 Å². The van der Waals surface area contributed by atoms with Crippen molar-refractivity contribution in [2.24, 2.45) is 17.8 Å². The van der Waals surface area contributed by atoms with Crippen molar-refractivity contribution in [3.8, 4) is 0 Å². The van der Waals surface area contributed by atoms with E-state index in [0.29, 0.717) is 18.7 Å². The summed E-state index contributed by atoms with van der Waals surface area (Å²) in [7, 11) is 1.63. The standard InChI is InChI=1S/C35H47NO7/c1-22(17-29-21-41-27(6)36-29)11-8-14-25(4)35(40-7)26(5)32-20-30(37)23(2)12-9-13-24(3)31-18-28(19-34(39)42-31)15-10-16-33(38)43-32/h8-14,16-17,21,24,26,28,30-32,35,37H,15,18-20H2,1-7H3/t24-,26+,28-,30+,31-,32?,35+/m1/s1. The fourth-order valence-electron chi connectivity index (χ4n) is 5.54. The van der Waals surface area contributed by atoms with Gasteiger partial charge in [-0.05, 0) is 62.3 Å². The van der Waals surface area contributed by atoms with E-state index >= 15 is 0 Å². The normalized spacial score (nSPS) is 27.9. The number of aryl methyl sites for hydroxylation is 1. The van der Waals surface area contributed by atoms with Crippen molar-refractivity contribution in [1.29, 1.82) is 0 Å². The van der Waals surface area contributed by atoms with Crippen LogP contribution in [-0.2, 0) is 23.8 Å². The van der Waals surface area contributed by atoms with E-state index in [1.807, 2.05) is 77.2 Å². The van der Waals surface area contributed by atoms with Crippen LogP contribution in [0.2, 0.25) is 0 Å². The van der Waals surface area contributed by atoms with Gasteiger partial charge in [-0.1, -0.05) is 56.4 Å². The number of ether oxygens (including phenoxy) is 3. The predicted octanol–water partition coefficient (Wildman–Crippen LogP) is 6.62. The third-order valence-electron chi connectivity index (χ3n) is 8.13. The van der Waals surface area contributed by atoms with Crippen LogP contribution in [0, 0.1) is 24.7 Å². The Morgan fingerprint density at radius 1 is 1.19 bits per heavy atom. The van der Waals surface area contributed by atoms with Gasteiger partial charge in [-0.3, -0.25) is 4.79 Å². The van der Waals surface area contributed by atoms with Crippen molar-refractivity contribution in [2.75, 3.05) is 7.11 Å². The number of aliphatic hydroxyl groups excluding tert-OH is 1. The van der Waals surface area contributed by atoms with E-state index in [1.54, 1.807) is 26.4 Å². The van der Waals surface area contributed by atoms with Crippen LogP contribution in [0.3, 0.4) is 0 Å². The zero-order chi connectivity index (χ0) is 31.5. The molecular formula is C35H47NO7. The molecule has 3 heterocycles. The van der Waals surface area contributed by atoms with Gasteiger partial charge >= 0.3 is 11.9 Å². The molecule has 43 heavy (non-hydrogen) atoms. The number of fused-ring (bicyclic) bond motifs is 2. The molecule has 0 saturated carbocycles. The van der Waals surface area contributed by atoms with Crippen LogP contribution in [0.25, 0.3) is 6.08 Å². The number of hydrogen-bond acceptors (Lipinski definition) is 8. The molecule has 7 atom stereocenters. The first-order valence-corrected chi connectivity index (χ1v) is 15.0. The van der Waals surface area contributed by atoms with Crippen molar-refractivity contribution in [3.63, 3.8) is 0 Å². The highest BCUT2D eigenvalue weighted by atomic mass is 16.6. The Balaban J connectivity index is 1.80. The summed E-state index contributed by atoms with van der Waals surface area (Å²) in [5.41, 5.74) is 3.46. The van der Waals surface area contributed by atoms with Crippen LogP contribution >= 0.6 is 0 Å². The summed E-state index contributed by atoms with van der Waals surface area (Å²) in [6.45, 7) is 11.6. The van der Waals surface area contributed by atoms with Crippen molar-refractivity contribution in [1.82, 2.24) is 4.98 Å². The zero-order valence-electron chi connectivity index (χ0n) is 26.5. The second kappa shape index (κ2) is 16.4. The minimum atomic E-state index is -0.830. The molecule has 0 aromatic carbocycles. The van der Waals surface area contributed by atoms with E-state index < -0.39 is 18.2 Å². The SMILES string of the molecule is CO[C@@H](C(C)=CC=CC(C)=Cc1coc(C)n1)[C@@H](C)C1C[C@H](O)C(C)=CC=C[C@@H](C)[C@H]2C[C@@H](CC=CC(=O)O1)CC(=O)O2. The first kappa shape index (κ1) is 34.0. The van der Waals surface area contributed by atoms with E-state index in [1.165, 1.54) is 6.08 Å². The molecule has 0 radical (unpaired) electrons. The van der Waals surface area contributed by atoms with E-state index in [0.717, 1.165) is 28.8 Å². The number of carbonyl (C=O) groups excluding carboxylic acids is 2. The first-order chi connectivity index (χ1) is 20.5. The lowest BCUT2D eigenvalue weighted by Crippen LogP contribution is -2.37. The quantitative estimate of drug-likeness (QED) is 0.278. The van der Waals surface area contributed by atoms with Crippen molar-refractivity contribution in [3.05, 3.63) is 83.2 Å². The van der Waals surface area contributed by atoms with Gasteiger partial charge in [0, 0.05) is 44.8 Å². The van der Waals surface area contributed by atoms with Gasteiger partial charge in [0.2, 0.25) is 0 Å². The number of oxazole rings is 1. The molecule has 8 nitrogen and oxygen atoms in total. The lowest BCUT2D eigenvalue weighted by molar-refractivity contribution is -0.158. The molecule has 2 aliphatic rings. The minimum absolute atomic E-state index is 0.0274. The molecule has 1 unspecified atom stereocenters. The van der Waals surface area contributed by atoms with E-state index in [9.17, 15) is 14.7 Å². The lowest BCUT2D eigenvalue weighted by atomic mass is 9.86. The van der Waals surface area contributed by atoms with Crippen LogP contribution in [0.5, 0.6) is 0 Å². The Hall–Kier alpha value is -3.49. The number of cyclic esters (lactones) is 1. The number of aromatic nitrogens is 1. The molecule has 0 spiro atoms. The average molecular weight is 594 g/mol. The maximum Gasteiger partial charge on any atom is 0.330 e.